The lowest BCUT2D eigenvalue weighted by Crippen LogP contribution is -2.24. The highest BCUT2D eigenvalue weighted by Crippen LogP contribution is 2.00. The Labute approximate surface area is 119 Å². The van der Waals surface area contributed by atoms with Crippen LogP contribution < -0.4 is 11.1 Å². The van der Waals surface area contributed by atoms with Crippen LogP contribution >= 0.6 is 0 Å². The molecule has 3 N–H and O–H groups in total. The van der Waals surface area contributed by atoms with Crippen molar-refractivity contribution >= 4 is 12.0 Å². The number of nitrogens with two attached hydrogens (primary N) is 1. The van der Waals surface area contributed by atoms with Crippen molar-refractivity contribution in [3.05, 3.63) is 41.8 Å². The topological polar surface area (TPSA) is 133 Å². The smallest absolute Gasteiger partial charge is 0.404 e. The van der Waals surface area contributed by atoms with E-state index in [1.165, 1.54) is 0 Å². The van der Waals surface area contributed by atoms with Crippen LogP contribution in [-0.4, -0.2) is 33.7 Å². The fourth-order valence-electron chi connectivity index (χ4n) is 1.44. The third-order valence-corrected chi connectivity index (χ3v) is 2.39. The second-order valence-electron chi connectivity index (χ2n) is 3.93. The number of pyridine rings is 1. The highest BCUT2D eigenvalue weighted by molar-refractivity contribution is 5.90. The predicted molar refractivity (Wildman–Crippen MR) is 68.9 cm³/mol. The van der Waals surface area contributed by atoms with Gasteiger partial charge < -0.3 is 20.3 Å². The molecule has 9 nitrogen and oxygen atoms in total. The van der Waals surface area contributed by atoms with Crippen molar-refractivity contribution in [1.29, 1.82) is 0 Å². The van der Waals surface area contributed by atoms with Crippen molar-refractivity contribution in [2.24, 2.45) is 5.73 Å². The number of hydrogen-bond donors (Lipinski definition) is 2. The first kappa shape index (κ1) is 14.4. The standard InChI is InChI=1S/C12H13N5O4/c13-12(19)20-6-4-9-16-10(17-21-9)11(18)15-7-8-3-1-2-5-14-8/h1-3,5H,4,6-7H2,(H2,13,19)(H,15,18). The monoisotopic (exact) mass is 291 g/mol. The summed E-state index contributed by atoms with van der Waals surface area (Å²) in [5.74, 6) is -0.397. The summed E-state index contributed by atoms with van der Waals surface area (Å²) in [4.78, 5) is 30.1. The molecule has 0 fully saturated rings. The molecular weight excluding hydrogens is 278 g/mol. The van der Waals surface area contributed by atoms with Gasteiger partial charge in [0.2, 0.25) is 5.89 Å². The Bertz CT molecular complexity index is 613. The Kier molecular flexibility index (Phi) is 4.80. The van der Waals surface area contributed by atoms with E-state index in [1.54, 1.807) is 18.3 Å². The second kappa shape index (κ2) is 6.98. The van der Waals surface area contributed by atoms with Crippen LogP contribution in [0.25, 0.3) is 0 Å². The van der Waals surface area contributed by atoms with Crippen LogP contribution in [0.5, 0.6) is 0 Å². The van der Waals surface area contributed by atoms with Crippen molar-refractivity contribution in [3.63, 3.8) is 0 Å². The van der Waals surface area contributed by atoms with E-state index in [2.05, 4.69) is 25.2 Å². The molecule has 0 aliphatic rings. The lowest BCUT2D eigenvalue weighted by atomic mass is 10.3. The average molecular weight is 291 g/mol. The molecule has 0 aliphatic carbocycles. The number of ether oxygens (including phenoxy) is 1. The molecule has 110 valence electrons. The molecule has 0 bridgehead atoms. The van der Waals surface area contributed by atoms with Crippen LogP contribution in [0.3, 0.4) is 0 Å². The summed E-state index contributed by atoms with van der Waals surface area (Å²) in [5, 5.41) is 6.15. The summed E-state index contributed by atoms with van der Waals surface area (Å²) >= 11 is 0. The number of rotatable bonds is 6. The number of carbonyl (C=O) groups excluding carboxylic acids is 2. The van der Waals surface area contributed by atoms with Crippen molar-refractivity contribution in [1.82, 2.24) is 20.4 Å². The first-order valence-electron chi connectivity index (χ1n) is 6.08. The molecule has 2 aromatic rings. The number of carbonyl (C=O) groups is 2. The second-order valence-corrected chi connectivity index (χ2v) is 3.93. The number of aromatic nitrogens is 3. The molecule has 0 saturated heterocycles. The number of nitrogens with zero attached hydrogens (tertiary/aromatic N) is 3. The van der Waals surface area contributed by atoms with Crippen LogP contribution in [-0.2, 0) is 17.7 Å². The van der Waals surface area contributed by atoms with E-state index in [1.807, 2.05) is 6.07 Å². The number of primary amides is 1. The maximum absolute atomic E-state index is 11.8. The van der Waals surface area contributed by atoms with E-state index in [0.717, 1.165) is 0 Å². The quantitative estimate of drug-likeness (QED) is 0.767. The summed E-state index contributed by atoms with van der Waals surface area (Å²) in [7, 11) is 0. The number of amides is 2. The van der Waals surface area contributed by atoms with Gasteiger partial charge in [-0.2, -0.15) is 4.98 Å². The van der Waals surface area contributed by atoms with Crippen molar-refractivity contribution < 1.29 is 18.8 Å². The molecule has 0 radical (unpaired) electrons. The highest BCUT2D eigenvalue weighted by Gasteiger charge is 2.14. The van der Waals surface area contributed by atoms with Gasteiger partial charge in [-0.1, -0.05) is 11.2 Å². The Morgan fingerprint density at radius 3 is 2.95 bits per heavy atom. The number of nitrogens with one attached hydrogen (secondary N) is 1. The van der Waals surface area contributed by atoms with E-state index in [4.69, 9.17) is 10.3 Å². The lowest BCUT2D eigenvalue weighted by molar-refractivity contribution is 0.0937. The van der Waals surface area contributed by atoms with E-state index >= 15 is 0 Å². The third-order valence-electron chi connectivity index (χ3n) is 2.39. The zero-order valence-corrected chi connectivity index (χ0v) is 11.0. The molecule has 0 unspecified atom stereocenters. The first-order valence-corrected chi connectivity index (χ1v) is 6.08. The van der Waals surface area contributed by atoms with Gasteiger partial charge in [-0.05, 0) is 12.1 Å². The summed E-state index contributed by atoms with van der Waals surface area (Å²) in [5.41, 5.74) is 5.52. The van der Waals surface area contributed by atoms with E-state index in [0.29, 0.717) is 5.69 Å². The Morgan fingerprint density at radius 2 is 2.24 bits per heavy atom. The lowest BCUT2D eigenvalue weighted by Gasteiger charge is -2.00. The molecular formula is C12H13N5O4. The predicted octanol–water partition coefficient (Wildman–Crippen LogP) is 0.0324. The van der Waals surface area contributed by atoms with Gasteiger partial charge in [0, 0.05) is 6.20 Å². The molecule has 2 amide bonds. The van der Waals surface area contributed by atoms with Crippen LogP contribution in [0.15, 0.2) is 28.9 Å². The van der Waals surface area contributed by atoms with Gasteiger partial charge in [0.1, 0.15) is 6.61 Å². The third kappa shape index (κ3) is 4.56. The highest BCUT2D eigenvalue weighted by atomic mass is 16.5. The van der Waals surface area contributed by atoms with E-state index in [-0.39, 0.29) is 31.3 Å². The van der Waals surface area contributed by atoms with Crippen LogP contribution in [0.4, 0.5) is 4.79 Å². The van der Waals surface area contributed by atoms with Gasteiger partial charge >= 0.3 is 6.09 Å². The minimum Gasteiger partial charge on any atom is -0.449 e. The Morgan fingerprint density at radius 1 is 1.38 bits per heavy atom. The molecule has 2 heterocycles. The Hall–Kier alpha value is -2.97. The Balaban J connectivity index is 1.83. The van der Waals surface area contributed by atoms with Crippen molar-refractivity contribution in [2.75, 3.05) is 6.61 Å². The first-order chi connectivity index (χ1) is 10.1. The fraction of sp³-hybridized carbons (Fsp3) is 0.250. The molecule has 2 aromatic heterocycles. The summed E-state index contributed by atoms with van der Waals surface area (Å²) < 4.78 is 9.37. The zero-order valence-electron chi connectivity index (χ0n) is 11.0. The largest absolute Gasteiger partial charge is 0.449 e. The van der Waals surface area contributed by atoms with Crippen molar-refractivity contribution in [3.8, 4) is 0 Å². The van der Waals surface area contributed by atoms with Gasteiger partial charge in [-0.15, -0.1) is 0 Å². The minimum absolute atomic E-state index is 0.00647. The molecule has 0 aliphatic heterocycles. The summed E-state index contributed by atoms with van der Waals surface area (Å²) in [6, 6.07) is 5.38. The molecule has 0 aromatic carbocycles. The normalized spacial score (nSPS) is 10.1. The van der Waals surface area contributed by atoms with E-state index in [9.17, 15) is 9.59 Å². The fourth-order valence-corrected chi connectivity index (χ4v) is 1.44. The van der Waals surface area contributed by atoms with Gasteiger partial charge in [0.15, 0.2) is 0 Å². The minimum atomic E-state index is -0.886. The summed E-state index contributed by atoms with van der Waals surface area (Å²) in [6.07, 6.45) is 0.929. The molecule has 0 saturated carbocycles. The van der Waals surface area contributed by atoms with Gasteiger partial charge in [-0.25, -0.2) is 4.79 Å². The molecule has 2 rings (SSSR count). The molecule has 0 spiro atoms. The maximum atomic E-state index is 11.8. The molecule has 21 heavy (non-hydrogen) atoms. The summed E-state index contributed by atoms with van der Waals surface area (Å²) in [6.45, 7) is 0.265. The molecule has 9 heteroatoms. The SMILES string of the molecule is NC(=O)OCCc1nc(C(=O)NCc2ccccn2)no1. The molecule has 0 atom stereocenters. The van der Waals surface area contributed by atoms with Crippen LogP contribution in [0, 0.1) is 0 Å². The zero-order chi connectivity index (χ0) is 15.1. The maximum Gasteiger partial charge on any atom is 0.404 e. The van der Waals surface area contributed by atoms with Crippen molar-refractivity contribution in [2.45, 2.75) is 13.0 Å². The van der Waals surface area contributed by atoms with Crippen LogP contribution in [0.2, 0.25) is 0 Å². The van der Waals surface area contributed by atoms with Gasteiger partial charge in [-0.3, -0.25) is 9.78 Å². The number of hydrogen-bond acceptors (Lipinski definition) is 7. The van der Waals surface area contributed by atoms with Gasteiger partial charge in [0.05, 0.1) is 18.7 Å². The van der Waals surface area contributed by atoms with Crippen LogP contribution in [0.1, 0.15) is 22.2 Å². The van der Waals surface area contributed by atoms with E-state index < -0.39 is 12.0 Å². The average Bonchev–Trinajstić information content (AvgIpc) is 2.94. The van der Waals surface area contributed by atoms with Gasteiger partial charge in [0.25, 0.3) is 11.7 Å².